The summed E-state index contributed by atoms with van der Waals surface area (Å²) in [6.07, 6.45) is 6.74. The molecule has 0 spiro atoms. The van der Waals surface area contributed by atoms with Gasteiger partial charge >= 0.3 is 0 Å². The van der Waals surface area contributed by atoms with E-state index in [2.05, 4.69) is 14.9 Å². The highest BCUT2D eigenvalue weighted by molar-refractivity contribution is 5.81. The van der Waals surface area contributed by atoms with Crippen LogP contribution in [0.3, 0.4) is 0 Å². The van der Waals surface area contributed by atoms with Crippen molar-refractivity contribution in [3.63, 3.8) is 0 Å². The third-order valence-electron chi connectivity index (χ3n) is 6.14. The molecule has 2 heterocycles. The minimum atomic E-state index is -0.527. The summed E-state index contributed by atoms with van der Waals surface area (Å²) in [6, 6.07) is 9.22. The van der Waals surface area contributed by atoms with Crippen LogP contribution in [0.4, 0.5) is 10.1 Å². The van der Waals surface area contributed by atoms with Crippen LogP contribution >= 0.6 is 0 Å². The van der Waals surface area contributed by atoms with Crippen LogP contribution in [0.1, 0.15) is 25.7 Å². The molecule has 8 heteroatoms. The summed E-state index contributed by atoms with van der Waals surface area (Å²) in [5.74, 6) is -0.527. The zero-order valence-corrected chi connectivity index (χ0v) is 18.4. The summed E-state index contributed by atoms with van der Waals surface area (Å²) in [7, 11) is 3.49. The summed E-state index contributed by atoms with van der Waals surface area (Å²) in [5, 5.41) is 9.48. The number of rotatable bonds is 8. The molecule has 0 radical (unpaired) electrons. The molecule has 7 nitrogen and oxygen atoms in total. The molecular weight excluding hydrogens is 411 g/mol. The van der Waals surface area contributed by atoms with E-state index in [9.17, 15) is 9.50 Å². The molecule has 1 fully saturated rings. The predicted molar refractivity (Wildman–Crippen MR) is 121 cm³/mol. The standard InChI is InChI=1S/C24H29FN4O3/c1-31-19-10-18(11-20(13-19)32-2)29(8-3-9-30)17-5-6-21-22(12-17)28-23(15-26-21)16-4-7-24(25)27-14-16/h4-7,12,14-15,18-20,30H,3,8-11,13H2,1-2H3. The lowest BCUT2D eigenvalue weighted by atomic mass is 9.88. The summed E-state index contributed by atoms with van der Waals surface area (Å²) < 4.78 is 24.5. The number of ether oxygens (including phenoxy) is 2. The molecule has 0 bridgehead atoms. The van der Waals surface area contributed by atoms with Gasteiger partial charge in [-0.15, -0.1) is 0 Å². The molecule has 32 heavy (non-hydrogen) atoms. The SMILES string of the molecule is COC1CC(OC)CC(N(CCCO)c2ccc3ncc(-c4ccc(F)nc4)nc3c2)C1. The highest BCUT2D eigenvalue weighted by atomic mass is 19.1. The Balaban J connectivity index is 1.67. The van der Waals surface area contributed by atoms with E-state index in [1.165, 1.54) is 12.3 Å². The number of aliphatic hydroxyl groups excluding tert-OH is 1. The first-order valence-electron chi connectivity index (χ1n) is 10.9. The number of aromatic nitrogens is 3. The Hall–Kier alpha value is -2.68. The monoisotopic (exact) mass is 440 g/mol. The van der Waals surface area contributed by atoms with Gasteiger partial charge in [0.2, 0.25) is 5.95 Å². The van der Waals surface area contributed by atoms with Crippen molar-refractivity contribution in [3.05, 3.63) is 48.7 Å². The van der Waals surface area contributed by atoms with Crippen LogP contribution in [0.25, 0.3) is 22.3 Å². The number of hydrogen-bond donors (Lipinski definition) is 1. The van der Waals surface area contributed by atoms with Gasteiger partial charge in [0.15, 0.2) is 0 Å². The highest BCUT2D eigenvalue weighted by Crippen LogP contribution is 2.32. The van der Waals surface area contributed by atoms with Gasteiger partial charge in [-0.3, -0.25) is 4.98 Å². The van der Waals surface area contributed by atoms with E-state index < -0.39 is 5.95 Å². The smallest absolute Gasteiger partial charge is 0.212 e. The third kappa shape index (κ3) is 5.03. The Labute approximate surface area is 187 Å². The Morgan fingerprint density at radius 2 is 1.78 bits per heavy atom. The van der Waals surface area contributed by atoms with E-state index in [1.54, 1.807) is 26.5 Å². The zero-order valence-electron chi connectivity index (χ0n) is 18.4. The van der Waals surface area contributed by atoms with Gasteiger partial charge in [0.1, 0.15) is 0 Å². The second-order valence-corrected chi connectivity index (χ2v) is 8.14. The maximum Gasteiger partial charge on any atom is 0.212 e. The number of nitrogens with zero attached hydrogens (tertiary/aromatic N) is 4. The maximum atomic E-state index is 13.2. The van der Waals surface area contributed by atoms with Crippen molar-refractivity contribution in [1.82, 2.24) is 15.0 Å². The van der Waals surface area contributed by atoms with E-state index >= 15 is 0 Å². The minimum absolute atomic E-state index is 0.125. The van der Waals surface area contributed by atoms with Crippen LogP contribution in [0.2, 0.25) is 0 Å². The van der Waals surface area contributed by atoms with Crippen LogP contribution in [0.15, 0.2) is 42.7 Å². The number of hydrogen-bond acceptors (Lipinski definition) is 7. The van der Waals surface area contributed by atoms with Crippen molar-refractivity contribution < 1.29 is 19.0 Å². The molecule has 2 aromatic heterocycles. The number of benzene rings is 1. The third-order valence-corrected chi connectivity index (χ3v) is 6.14. The van der Waals surface area contributed by atoms with Gasteiger partial charge in [-0.05, 0) is 56.0 Å². The molecule has 1 saturated carbocycles. The lowest BCUT2D eigenvalue weighted by Gasteiger charge is -2.41. The average Bonchev–Trinajstić information content (AvgIpc) is 2.84. The Morgan fingerprint density at radius 3 is 2.44 bits per heavy atom. The van der Waals surface area contributed by atoms with Crippen LogP contribution in [-0.4, -0.2) is 65.7 Å². The predicted octanol–water partition coefficient (Wildman–Crippen LogP) is 3.60. The summed E-state index contributed by atoms with van der Waals surface area (Å²) in [4.78, 5) is 15.3. The lowest BCUT2D eigenvalue weighted by Crippen LogP contribution is -2.46. The van der Waals surface area contributed by atoms with Gasteiger partial charge in [0, 0.05) is 50.9 Å². The van der Waals surface area contributed by atoms with E-state index in [-0.39, 0.29) is 24.9 Å². The number of aliphatic hydroxyl groups is 1. The molecule has 0 amide bonds. The minimum Gasteiger partial charge on any atom is -0.396 e. The van der Waals surface area contributed by atoms with Crippen molar-refractivity contribution in [3.8, 4) is 11.3 Å². The Morgan fingerprint density at radius 1 is 1.00 bits per heavy atom. The first-order chi connectivity index (χ1) is 15.6. The number of halogens is 1. The molecule has 2 atom stereocenters. The normalized spacial score (nSPS) is 21.1. The quantitative estimate of drug-likeness (QED) is 0.536. The van der Waals surface area contributed by atoms with Crippen molar-refractivity contribution >= 4 is 16.7 Å². The van der Waals surface area contributed by atoms with Crippen molar-refractivity contribution in [1.29, 1.82) is 0 Å². The number of fused-ring (bicyclic) bond motifs is 1. The van der Waals surface area contributed by atoms with Gasteiger partial charge < -0.3 is 19.5 Å². The lowest BCUT2D eigenvalue weighted by molar-refractivity contribution is -0.0170. The number of methoxy groups -OCH3 is 2. The first kappa shape index (κ1) is 22.5. The summed E-state index contributed by atoms with van der Waals surface area (Å²) in [6.45, 7) is 0.842. The van der Waals surface area contributed by atoms with Gasteiger partial charge in [0.05, 0.1) is 35.1 Å². The van der Waals surface area contributed by atoms with Gasteiger partial charge in [-0.2, -0.15) is 4.39 Å². The fourth-order valence-electron chi connectivity index (χ4n) is 4.44. The van der Waals surface area contributed by atoms with Gasteiger partial charge in [0.25, 0.3) is 0 Å². The number of anilines is 1. The van der Waals surface area contributed by atoms with Crippen LogP contribution in [0.5, 0.6) is 0 Å². The van der Waals surface area contributed by atoms with Gasteiger partial charge in [-0.1, -0.05) is 0 Å². The van der Waals surface area contributed by atoms with Crippen molar-refractivity contribution in [2.75, 3.05) is 32.3 Å². The highest BCUT2D eigenvalue weighted by Gasteiger charge is 2.32. The Kier molecular flexibility index (Phi) is 7.24. The van der Waals surface area contributed by atoms with Crippen LogP contribution in [-0.2, 0) is 9.47 Å². The van der Waals surface area contributed by atoms with E-state index in [1.807, 2.05) is 18.2 Å². The molecule has 1 aromatic carbocycles. The van der Waals surface area contributed by atoms with Crippen molar-refractivity contribution in [2.24, 2.45) is 0 Å². The van der Waals surface area contributed by atoms with E-state index in [0.717, 1.165) is 36.0 Å². The van der Waals surface area contributed by atoms with Crippen LogP contribution in [0, 0.1) is 5.95 Å². The molecule has 2 unspecified atom stereocenters. The second kappa shape index (κ2) is 10.3. The topological polar surface area (TPSA) is 80.6 Å². The molecule has 1 aliphatic rings. The Bertz CT molecular complexity index is 1020. The van der Waals surface area contributed by atoms with Gasteiger partial charge in [-0.25, -0.2) is 9.97 Å². The second-order valence-electron chi connectivity index (χ2n) is 8.14. The molecule has 4 rings (SSSR count). The average molecular weight is 441 g/mol. The van der Waals surface area contributed by atoms with E-state index in [4.69, 9.17) is 14.5 Å². The molecular formula is C24H29FN4O3. The largest absolute Gasteiger partial charge is 0.396 e. The maximum absolute atomic E-state index is 13.2. The van der Waals surface area contributed by atoms with Crippen molar-refractivity contribution in [2.45, 2.75) is 43.9 Å². The molecule has 1 N–H and O–H groups in total. The summed E-state index contributed by atoms with van der Waals surface area (Å²) >= 11 is 0. The molecule has 0 aliphatic heterocycles. The fraction of sp³-hybridized carbons (Fsp3) is 0.458. The van der Waals surface area contributed by atoms with Crippen LogP contribution < -0.4 is 4.90 Å². The molecule has 0 saturated heterocycles. The fourth-order valence-corrected chi connectivity index (χ4v) is 4.44. The molecule has 170 valence electrons. The van der Waals surface area contributed by atoms with E-state index in [0.29, 0.717) is 24.2 Å². The molecule has 3 aromatic rings. The zero-order chi connectivity index (χ0) is 22.5. The number of pyridine rings is 1. The first-order valence-corrected chi connectivity index (χ1v) is 10.9. The molecule has 1 aliphatic carbocycles. The summed E-state index contributed by atoms with van der Waals surface area (Å²) in [5.41, 5.74) is 3.90.